The van der Waals surface area contributed by atoms with E-state index in [1.807, 2.05) is 0 Å². The van der Waals surface area contributed by atoms with Crippen LogP contribution in [0.25, 0.3) is 11.3 Å². The van der Waals surface area contributed by atoms with Gasteiger partial charge in [0.15, 0.2) is 0 Å². The van der Waals surface area contributed by atoms with E-state index in [0.29, 0.717) is 12.8 Å². The van der Waals surface area contributed by atoms with Crippen LogP contribution in [0, 0.1) is 0 Å². The maximum Gasteiger partial charge on any atom is 0.234 e. The molecule has 0 fully saturated rings. The Bertz CT molecular complexity index is 604. The number of hydrazine groups is 1. The van der Waals surface area contributed by atoms with Crippen LogP contribution < -0.4 is 11.3 Å². The third kappa shape index (κ3) is 5.21. The van der Waals surface area contributed by atoms with Crippen molar-refractivity contribution in [1.29, 1.82) is 0 Å². The molecule has 5 heteroatoms. The number of hydrogen-bond donors (Lipinski definition) is 3. The van der Waals surface area contributed by atoms with Crippen molar-refractivity contribution in [2.75, 3.05) is 0 Å². The van der Waals surface area contributed by atoms with Crippen molar-refractivity contribution in [3.8, 4) is 11.3 Å². The third-order valence-corrected chi connectivity index (χ3v) is 4.06. The van der Waals surface area contributed by atoms with Crippen molar-refractivity contribution < 1.29 is 4.79 Å². The number of nitrogens with zero attached hydrogens (tertiary/aromatic N) is 1. The van der Waals surface area contributed by atoms with Crippen molar-refractivity contribution in [1.82, 2.24) is 15.6 Å². The molecule has 4 N–H and O–H groups in total. The highest BCUT2D eigenvalue weighted by Gasteiger charge is 2.09. The zero-order valence-corrected chi connectivity index (χ0v) is 13.8. The summed E-state index contributed by atoms with van der Waals surface area (Å²) < 4.78 is 0. The summed E-state index contributed by atoms with van der Waals surface area (Å²) in [6.07, 6.45) is 9.01. The molecule has 0 aliphatic heterocycles. The molecule has 0 spiro atoms. The zero-order chi connectivity index (χ0) is 16.5. The first-order valence-electron chi connectivity index (χ1n) is 8.35. The minimum Gasteiger partial charge on any atom is -0.294 e. The van der Waals surface area contributed by atoms with Crippen LogP contribution in [0.2, 0.25) is 0 Å². The van der Waals surface area contributed by atoms with E-state index in [4.69, 9.17) is 5.84 Å². The van der Waals surface area contributed by atoms with Crippen LogP contribution in [-0.2, 0) is 17.6 Å². The number of aromatic nitrogens is 2. The highest BCUT2D eigenvalue weighted by molar-refractivity contribution is 5.76. The number of hydrogen-bond acceptors (Lipinski definition) is 3. The number of benzene rings is 1. The molecular formula is C18H26N4O. The fourth-order valence-corrected chi connectivity index (χ4v) is 2.66. The van der Waals surface area contributed by atoms with Crippen LogP contribution in [0.1, 0.15) is 50.2 Å². The van der Waals surface area contributed by atoms with Gasteiger partial charge in [-0.15, -0.1) is 0 Å². The summed E-state index contributed by atoms with van der Waals surface area (Å²) in [7, 11) is 0. The topological polar surface area (TPSA) is 83.8 Å². The number of carbonyl (C=O) groups excluding carboxylic acids is 1. The zero-order valence-electron chi connectivity index (χ0n) is 13.8. The Balaban J connectivity index is 1.97. The molecule has 0 bridgehead atoms. The maximum atomic E-state index is 11.3. The quantitative estimate of drug-likeness (QED) is 0.288. The first-order valence-corrected chi connectivity index (χ1v) is 8.35. The van der Waals surface area contributed by atoms with E-state index in [0.717, 1.165) is 23.2 Å². The van der Waals surface area contributed by atoms with Crippen molar-refractivity contribution >= 4 is 5.91 Å². The van der Waals surface area contributed by atoms with E-state index in [9.17, 15) is 4.79 Å². The SMILES string of the molecule is CCCCCCc1ccc(-c2[nH]ncc2CCC(=O)NN)cc1. The lowest BCUT2D eigenvalue weighted by atomic mass is 10.0. The number of aryl methyl sites for hydroxylation is 2. The molecule has 1 amide bonds. The lowest BCUT2D eigenvalue weighted by molar-refractivity contribution is -0.121. The molecule has 0 unspecified atom stereocenters. The Hall–Kier alpha value is -2.14. The van der Waals surface area contributed by atoms with E-state index in [1.165, 1.54) is 31.2 Å². The number of amides is 1. The van der Waals surface area contributed by atoms with Gasteiger partial charge in [-0.05, 0) is 36.0 Å². The molecular weight excluding hydrogens is 288 g/mol. The Morgan fingerprint density at radius 2 is 1.96 bits per heavy atom. The molecule has 1 heterocycles. The van der Waals surface area contributed by atoms with Gasteiger partial charge in [-0.1, -0.05) is 50.5 Å². The van der Waals surface area contributed by atoms with Crippen molar-refractivity contribution in [3.05, 3.63) is 41.6 Å². The summed E-state index contributed by atoms with van der Waals surface area (Å²) in [4.78, 5) is 11.3. The van der Waals surface area contributed by atoms with E-state index in [1.54, 1.807) is 6.20 Å². The van der Waals surface area contributed by atoms with E-state index < -0.39 is 0 Å². The standard InChI is InChI=1S/C18H26N4O/c1-2-3-4-5-6-14-7-9-15(10-8-14)18-16(13-20-22-18)11-12-17(23)21-19/h7-10,13H,2-6,11-12,19H2,1H3,(H,20,22)(H,21,23). The Morgan fingerprint density at radius 3 is 2.65 bits per heavy atom. The normalized spacial score (nSPS) is 10.7. The predicted octanol–water partition coefficient (Wildman–Crippen LogP) is 3.12. The number of unbranched alkanes of at least 4 members (excludes halogenated alkanes) is 3. The molecule has 124 valence electrons. The van der Waals surface area contributed by atoms with Crippen molar-refractivity contribution in [2.24, 2.45) is 5.84 Å². The molecule has 23 heavy (non-hydrogen) atoms. The fourth-order valence-electron chi connectivity index (χ4n) is 2.66. The van der Waals surface area contributed by atoms with Gasteiger partial charge in [0.2, 0.25) is 5.91 Å². The number of aromatic amines is 1. The molecule has 0 aliphatic carbocycles. The lowest BCUT2D eigenvalue weighted by Crippen LogP contribution is -2.30. The predicted molar refractivity (Wildman–Crippen MR) is 92.5 cm³/mol. The van der Waals surface area contributed by atoms with Gasteiger partial charge in [-0.25, -0.2) is 5.84 Å². The highest BCUT2D eigenvalue weighted by atomic mass is 16.2. The van der Waals surface area contributed by atoms with Gasteiger partial charge >= 0.3 is 0 Å². The van der Waals surface area contributed by atoms with Crippen molar-refractivity contribution in [3.63, 3.8) is 0 Å². The largest absolute Gasteiger partial charge is 0.294 e. The Kier molecular flexibility index (Phi) is 6.81. The van der Waals surface area contributed by atoms with Gasteiger partial charge < -0.3 is 0 Å². The minimum absolute atomic E-state index is 0.167. The molecule has 0 saturated heterocycles. The number of nitrogens with one attached hydrogen (secondary N) is 2. The Morgan fingerprint density at radius 1 is 1.17 bits per heavy atom. The fraction of sp³-hybridized carbons (Fsp3) is 0.444. The molecule has 2 aromatic rings. The number of carbonyl (C=O) groups is 1. The first kappa shape index (κ1) is 17.2. The van der Waals surface area contributed by atoms with Crippen LogP contribution in [0.4, 0.5) is 0 Å². The average Bonchev–Trinajstić information content (AvgIpc) is 3.05. The summed E-state index contributed by atoms with van der Waals surface area (Å²) in [5.74, 6) is 4.95. The number of rotatable bonds is 9. The number of nitrogens with two attached hydrogens (primary N) is 1. The van der Waals surface area contributed by atoms with E-state index in [-0.39, 0.29) is 5.91 Å². The maximum absolute atomic E-state index is 11.3. The minimum atomic E-state index is -0.167. The van der Waals surface area contributed by atoms with Gasteiger partial charge in [-0.3, -0.25) is 15.3 Å². The molecule has 0 radical (unpaired) electrons. The van der Waals surface area contributed by atoms with Crippen LogP contribution in [-0.4, -0.2) is 16.1 Å². The second-order valence-electron chi connectivity index (χ2n) is 5.85. The van der Waals surface area contributed by atoms with Crippen LogP contribution in [0.3, 0.4) is 0 Å². The number of H-pyrrole nitrogens is 1. The lowest BCUT2D eigenvalue weighted by Gasteiger charge is -2.06. The highest BCUT2D eigenvalue weighted by Crippen LogP contribution is 2.23. The van der Waals surface area contributed by atoms with Gasteiger partial charge in [0, 0.05) is 6.42 Å². The third-order valence-electron chi connectivity index (χ3n) is 4.06. The van der Waals surface area contributed by atoms with Gasteiger partial charge in [0.05, 0.1) is 11.9 Å². The van der Waals surface area contributed by atoms with E-state index >= 15 is 0 Å². The molecule has 0 atom stereocenters. The summed E-state index contributed by atoms with van der Waals surface area (Å²) in [6.45, 7) is 2.23. The summed E-state index contributed by atoms with van der Waals surface area (Å²) in [5, 5.41) is 7.14. The van der Waals surface area contributed by atoms with E-state index in [2.05, 4.69) is 46.8 Å². The van der Waals surface area contributed by atoms with Gasteiger partial charge in [0.1, 0.15) is 0 Å². The monoisotopic (exact) mass is 314 g/mol. The van der Waals surface area contributed by atoms with Crippen LogP contribution in [0.15, 0.2) is 30.5 Å². The Labute approximate surface area is 137 Å². The smallest absolute Gasteiger partial charge is 0.234 e. The van der Waals surface area contributed by atoms with Crippen LogP contribution >= 0.6 is 0 Å². The summed E-state index contributed by atoms with van der Waals surface area (Å²) in [5.41, 5.74) is 6.63. The van der Waals surface area contributed by atoms with Crippen LogP contribution in [0.5, 0.6) is 0 Å². The van der Waals surface area contributed by atoms with Gasteiger partial charge in [0.25, 0.3) is 0 Å². The summed E-state index contributed by atoms with van der Waals surface area (Å²) in [6, 6.07) is 8.60. The molecule has 0 aliphatic rings. The molecule has 5 nitrogen and oxygen atoms in total. The molecule has 0 saturated carbocycles. The molecule has 1 aromatic carbocycles. The van der Waals surface area contributed by atoms with Gasteiger partial charge in [-0.2, -0.15) is 5.10 Å². The average molecular weight is 314 g/mol. The second-order valence-corrected chi connectivity index (χ2v) is 5.85. The van der Waals surface area contributed by atoms with Crippen molar-refractivity contribution in [2.45, 2.75) is 51.9 Å². The molecule has 1 aromatic heterocycles. The first-order chi connectivity index (χ1) is 11.2. The second kappa shape index (κ2) is 9.10. The molecule has 2 rings (SSSR count). The summed E-state index contributed by atoms with van der Waals surface area (Å²) >= 11 is 0.